The lowest BCUT2D eigenvalue weighted by Crippen LogP contribution is -1.96. The molecule has 6 nitrogen and oxygen atoms in total. The molecule has 0 aliphatic rings. The van der Waals surface area contributed by atoms with E-state index in [9.17, 15) is 14.5 Å². The van der Waals surface area contributed by atoms with Crippen LogP contribution in [-0.4, -0.2) is 15.1 Å². The van der Waals surface area contributed by atoms with E-state index in [1.54, 1.807) is 0 Å². The SMILES string of the molecule is O=[N+]([O-])c1cc(F)ccc1Oc1cc(Cl)nnc1Cl. The van der Waals surface area contributed by atoms with Crippen LogP contribution in [0.3, 0.4) is 0 Å². The van der Waals surface area contributed by atoms with E-state index in [0.29, 0.717) is 0 Å². The van der Waals surface area contributed by atoms with Crippen LogP contribution in [0, 0.1) is 15.9 Å². The van der Waals surface area contributed by atoms with E-state index in [-0.39, 0.29) is 21.8 Å². The number of halogens is 3. The van der Waals surface area contributed by atoms with Crippen LogP contribution >= 0.6 is 23.2 Å². The predicted molar refractivity (Wildman–Crippen MR) is 65.2 cm³/mol. The molecule has 0 amide bonds. The molecular weight excluding hydrogens is 300 g/mol. The first-order valence-electron chi connectivity index (χ1n) is 4.78. The van der Waals surface area contributed by atoms with Crippen LogP contribution in [0.4, 0.5) is 10.1 Å². The Morgan fingerprint density at radius 3 is 2.63 bits per heavy atom. The van der Waals surface area contributed by atoms with Crippen molar-refractivity contribution in [3.63, 3.8) is 0 Å². The summed E-state index contributed by atoms with van der Waals surface area (Å²) in [4.78, 5) is 10.0. The minimum Gasteiger partial charge on any atom is -0.447 e. The fourth-order valence-electron chi connectivity index (χ4n) is 1.25. The summed E-state index contributed by atoms with van der Waals surface area (Å²) in [6.07, 6.45) is 0. The second kappa shape index (κ2) is 5.33. The van der Waals surface area contributed by atoms with Gasteiger partial charge in [0, 0.05) is 6.07 Å². The predicted octanol–water partition coefficient (Wildman–Crippen LogP) is 3.62. The zero-order valence-corrected chi connectivity index (χ0v) is 10.5. The van der Waals surface area contributed by atoms with E-state index >= 15 is 0 Å². The summed E-state index contributed by atoms with van der Waals surface area (Å²) in [5, 5.41) is 17.6. The zero-order valence-electron chi connectivity index (χ0n) is 9.01. The highest BCUT2D eigenvalue weighted by Crippen LogP contribution is 2.34. The normalized spacial score (nSPS) is 10.3. The van der Waals surface area contributed by atoms with Gasteiger partial charge in [0.05, 0.1) is 11.0 Å². The Bertz CT molecular complexity index is 654. The van der Waals surface area contributed by atoms with E-state index in [4.69, 9.17) is 27.9 Å². The topological polar surface area (TPSA) is 78.2 Å². The van der Waals surface area contributed by atoms with Gasteiger partial charge in [0.25, 0.3) is 0 Å². The maximum absolute atomic E-state index is 13.0. The van der Waals surface area contributed by atoms with Gasteiger partial charge in [-0.2, -0.15) is 0 Å². The molecule has 0 spiro atoms. The van der Waals surface area contributed by atoms with Crippen LogP contribution in [0.2, 0.25) is 10.3 Å². The third kappa shape index (κ3) is 3.07. The molecule has 0 aliphatic carbocycles. The van der Waals surface area contributed by atoms with Gasteiger partial charge in [0.1, 0.15) is 5.82 Å². The average molecular weight is 304 g/mol. The molecule has 98 valence electrons. The number of ether oxygens (including phenoxy) is 1. The Labute approximate surface area is 115 Å². The fourth-order valence-corrected chi connectivity index (χ4v) is 1.51. The highest BCUT2D eigenvalue weighted by molar-refractivity contribution is 6.32. The Balaban J connectivity index is 2.43. The van der Waals surface area contributed by atoms with Gasteiger partial charge in [-0.15, -0.1) is 10.2 Å². The summed E-state index contributed by atoms with van der Waals surface area (Å²) in [5.41, 5.74) is -0.538. The molecule has 2 rings (SSSR count). The summed E-state index contributed by atoms with van der Waals surface area (Å²) in [7, 11) is 0. The third-order valence-corrected chi connectivity index (χ3v) is 2.47. The number of aromatic nitrogens is 2. The van der Waals surface area contributed by atoms with Crippen molar-refractivity contribution < 1.29 is 14.1 Å². The van der Waals surface area contributed by atoms with Gasteiger partial charge in [0.2, 0.25) is 5.75 Å². The molecule has 0 saturated heterocycles. The number of hydrogen-bond donors (Lipinski definition) is 0. The third-order valence-electron chi connectivity index (χ3n) is 2.02. The summed E-state index contributed by atoms with van der Waals surface area (Å²) in [5.74, 6) is -0.954. The summed E-state index contributed by atoms with van der Waals surface area (Å²) >= 11 is 11.3. The number of rotatable bonds is 3. The van der Waals surface area contributed by atoms with Crippen molar-refractivity contribution in [2.75, 3.05) is 0 Å². The molecule has 2 aromatic rings. The lowest BCUT2D eigenvalue weighted by Gasteiger charge is -2.07. The lowest BCUT2D eigenvalue weighted by atomic mass is 10.3. The van der Waals surface area contributed by atoms with Gasteiger partial charge in [-0.25, -0.2) is 4.39 Å². The second-order valence-corrected chi connectivity index (χ2v) is 4.04. The van der Waals surface area contributed by atoms with Crippen LogP contribution in [0.5, 0.6) is 11.5 Å². The molecule has 0 bridgehead atoms. The Morgan fingerprint density at radius 1 is 1.21 bits per heavy atom. The van der Waals surface area contributed by atoms with Crippen LogP contribution < -0.4 is 4.74 Å². The minimum atomic E-state index is -0.775. The first-order valence-corrected chi connectivity index (χ1v) is 5.53. The number of benzene rings is 1. The molecule has 1 heterocycles. The molecule has 0 unspecified atom stereocenters. The molecule has 0 fully saturated rings. The molecule has 0 saturated carbocycles. The van der Waals surface area contributed by atoms with Crippen molar-refractivity contribution in [2.45, 2.75) is 0 Å². The summed E-state index contributed by atoms with van der Waals surface area (Å²) in [6, 6.07) is 4.11. The maximum Gasteiger partial charge on any atom is 0.314 e. The Morgan fingerprint density at radius 2 is 1.95 bits per heavy atom. The summed E-state index contributed by atoms with van der Waals surface area (Å²) < 4.78 is 18.2. The van der Waals surface area contributed by atoms with Crippen LogP contribution in [0.25, 0.3) is 0 Å². The van der Waals surface area contributed by atoms with Crippen molar-refractivity contribution in [1.82, 2.24) is 10.2 Å². The molecule has 19 heavy (non-hydrogen) atoms. The number of hydrogen-bond acceptors (Lipinski definition) is 5. The molecular formula is C10H4Cl2FN3O3. The minimum absolute atomic E-state index is 0.00386. The first-order chi connectivity index (χ1) is 8.97. The van der Waals surface area contributed by atoms with Gasteiger partial charge in [-0.1, -0.05) is 23.2 Å². The summed E-state index contributed by atoms with van der Waals surface area (Å²) in [6.45, 7) is 0. The van der Waals surface area contributed by atoms with Crippen molar-refractivity contribution >= 4 is 28.9 Å². The van der Waals surface area contributed by atoms with Crippen molar-refractivity contribution in [2.24, 2.45) is 0 Å². The largest absolute Gasteiger partial charge is 0.447 e. The van der Waals surface area contributed by atoms with E-state index in [1.807, 2.05) is 0 Å². The smallest absolute Gasteiger partial charge is 0.314 e. The van der Waals surface area contributed by atoms with Crippen molar-refractivity contribution in [3.8, 4) is 11.5 Å². The lowest BCUT2D eigenvalue weighted by molar-refractivity contribution is -0.385. The van der Waals surface area contributed by atoms with Crippen LogP contribution in [0.15, 0.2) is 24.3 Å². The molecule has 1 aromatic heterocycles. The maximum atomic E-state index is 13.0. The molecule has 9 heteroatoms. The van der Waals surface area contributed by atoms with E-state index < -0.39 is 16.4 Å². The van der Waals surface area contributed by atoms with Gasteiger partial charge >= 0.3 is 5.69 Å². The number of nitro benzene ring substituents is 1. The zero-order chi connectivity index (χ0) is 14.0. The number of nitro groups is 1. The van der Waals surface area contributed by atoms with E-state index in [2.05, 4.69) is 10.2 Å². The Kier molecular flexibility index (Phi) is 3.77. The van der Waals surface area contributed by atoms with Gasteiger partial charge in [-0.3, -0.25) is 10.1 Å². The van der Waals surface area contributed by atoms with E-state index in [1.165, 1.54) is 6.07 Å². The van der Waals surface area contributed by atoms with Gasteiger partial charge < -0.3 is 4.74 Å². The Hall–Kier alpha value is -1.99. The quantitative estimate of drug-likeness (QED) is 0.639. The van der Waals surface area contributed by atoms with Crippen molar-refractivity contribution in [3.05, 3.63) is 50.5 Å². The van der Waals surface area contributed by atoms with Gasteiger partial charge in [-0.05, 0) is 12.1 Å². The number of nitrogens with zero attached hydrogens (tertiary/aromatic N) is 3. The molecule has 1 aromatic carbocycles. The second-order valence-electron chi connectivity index (χ2n) is 3.29. The first kappa shape index (κ1) is 13.4. The molecule has 0 atom stereocenters. The van der Waals surface area contributed by atoms with Crippen LogP contribution in [0.1, 0.15) is 0 Å². The van der Waals surface area contributed by atoms with Gasteiger partial charge in [0.15, 0.2) is 16.1 Å². The fraction of sp³-hybridized carbons (Fsp3) is 0. The highest BCUT2D eigenvalue weighted by Gasteiger charge is 2.18. The van der Waals surface area contributed by atoms with Crippen molar-refractivity contribution in [1.29, 1.82) is 0 Å². The van der Waals surface area contributed by atoms with E-state index in [0.717, 1.165) is 18.2 Å². The monoisotopic (exact) mass is 303 g/mol. The standard InChI is InChI=1S/C10H4Cl2FN3O3/c11-9-4-8(10(12)15-14-9)19-7-2-1-5(13)3-6(7)16(17)18/h1-4H. The highest BCUT2D eigenvalue weighted by atomic mass is 35.5. The molecule has 0 aliphatic heterocycles. The van der Waals surface area contributed by atoms with Crippen LogP contribution in [-0.2, 0) is 0 Å². The average Bonchev–Trinajstić information content (AvgIpc) is 2.35. The molecule has 0 radical (unpaired) electrons. The molecule has 0 N–H and O–H groups in total.